The fourth-order valence-electron chi connectivity index (χ4n) is 9.37. The summed E-state index contributed by atoms with van der Waals surface area (Å²) in [7, 11) is 0. The summed E-state index contributed by atoms with van der Waals surface area (Å²) in [6.07, 6.45) is 8.51. The summed E-state index contributed by atoms with van der Waals surface area (Å²) in [5.41, 5.74) is 7.56. The quantitative estimate of drug-likeness (QED) is 0.137. The SMILES string of the molecule is [C]1N(Cc2ccc(-c3ccc(CN4[C]N(Cc5ccc6ccc7cccc8ccc5c6c78)C=C4)cc3)cc2)C=CN1Cc1ccc2ccc3cccc4ccc1c2c34. The summed E-state index contributed by atoms with van der Waals surface area (Å²) in [5.74, 6) is 0. The molecule has 274 valence electrons. The van der Waals surface area contributed by atoms with Crippen molar-refractivity contribution >= 4 is 64.6 Å². The van der Waals surface area contributed by atoms with Crippen molar-refractivity contribution in [2.45, 2.75) is 26.2 Å². The van der Waals surface area contributed by atoms with E-state index in [2.05, 4.69) is 215 Å². The van der Waals surface area contributed by atoms with E-state index in [1.165, 1.54) is 98.0 Å². The van der Waals surface area contributed by atoms with E-state index >= 15 is 0 Å². The minimum Gasteiger partial charge on any atom is -0.342 e. The molecule has 0 aliphatic carbocycles. The Morgan fingerprint density at radius 1 is 0.293 bits per heavy atom. The van der Waals surface area contributed by atoms with E-state index in [0.717, 1.165) is 26.2 Å². The molecule has 0 N–H and O–H groups in total. The fourth-order valence-corrected chi connectivity index (χ4v) is 9.37. The number of hydrogen-bond acceptors (Lipinski definition) is 4. The topological polar surface area (TPSA) is 13.0 Å². The van der Waals surface area contributed by atoms with Gasteiger partial charge in [0.2, 0.25) is 13.3 Å². The number of hydrogen-bond donors (Lipinski definition) is 0. The van der Waals surface area contributed by atoms with Gasteiger partial charge in [0.15, 0.2) is 0 Å². The Bertz CT molecular complexity index is 2950. The van der Waals surface area contributed by atoms with Crippen LogP contribution in [0.3, 0.4) is 0 Å². The molecule has 2 aliphatic rings. The van der Waals surface area contributed by atoms with E-state index in [0.29, 0.717) is 0 Å². The van der Waals surface area contributed by atoms with Gasteiger partial charge in [0, 0.05) is 51.0 Å². The van der Waals surface area contributed by atoms with Gasteiger partial charge in [-0.3, -0.25) is 0 Å². The molecule has 4 nitrogen and oxygen atoms in total. The standard InChI is InChI=1S/C54H38N4/c1-3-41-15-17-45-19-21-47(49-25-23-43(5-1)51(41)53(45)49)33-57-29-27-55(35-57)31-37-7-11-39(12-8-37)40-13-9-38(10-14-40)32-56-28-30-58(36-56)34-48-22-20-46-18-16-42-4-2-6-44-24-26-50(48)54(46)52(42)44/h1-30H,31-34H2. The Hall–Kier alpha value is -7.04. The molecule has 0 aromatic heterocycles. The van der Waals surface area contributed by atoms with Crippen LogP contribution in [0.4, 0.5) is 0 Å². The van der Waals surface area contributed by atoms with Crippen LogP contribution >= 0.6 is 0 Å². The summed E-state index contributed by atoms with van der Waals surface area (Å²) in [5, 5.41) is 15.9. The highest BCUT2D eigenvalue weighted by molar-refractivity contribution is 6.24. The van der Waals surface area contributed by atoms with Crippen LogP contribution in [0.5, 0.6) is 0 Å². The Morgan fingerprint density at radius 2 is 0.621 bits per heavy atom. The second-order valence-corrected chi connectivity index (χ2v) is 15.9. The van der Waals surface area contributed by atoms with Crippen LogP contribution in [-0.4, -0.2) is 19.6 Å². The number of benzene rings is 10. The fraction of sp³-hybridized carbons (Fsp3) is 0.0741. The zero-order valence-corrected chi connectivity index (χ0v) is 31.9. The van der Waals surface area contributed by atoms with Crippen LogP contribution < -0.4 is 0 Å². The maximum atomic E-state index is 3.57. The lowest BCUT2D eigenvalue weighted by molar-refractivity contribution is 0.335. The number of rotatable bonds is 9. The van der Waals surface area contributed by atoms with Gasteiger partial charge in [0.1, 0.15) is 0 Å². The zero-order chi connectivity index (χ0) is 38.2. The van der Waals surface area contributed by atoms with Crippen LogP contribution in [0.15, 0.2) is 183 Å². The summed E-state index contributed by atoms with van der Waals surface area (Å²) >= 11 is 0. The molecule has 0 saturated carbocycles. The normalized spacial score (nSPS) is 14.4. The van der Waals surface area contributed by atoms with Gasteiger partial charge in [-0.05, 0) is 98.0 Å². The van der Waals surface area contributed by atoms with Crippen molar-refractivity contribution in [3.05, 3.63) is 218 Å². The van der Waals surface area contributed by atoms with Crippen molar-refractivity contribution in [2.75, 3.05) is 0 Å². The Morgan fingerprint density at radius 3 is 1.02 bits per heavy atom. The van der Waals surface area contributed by atoms with Gasteiger partial charge >= 0.3 is 0 Å². The molecule has 0 fully saturated rings. The van der Waals surface area contributed by atoms with Crippen LogP contribution in [-0.2, 0) is 26.2 Å². The molecule has 0 atom stereocenters. The van der Waals surface area contributed by atoms with Crippen molar-refractivity contribution in [3.8, 4) is 11.1 Å². The molecule has 4 heteroatoms. The van der Waals surface area contributed by atoms with E-state index < -0.39 is 0 Å². The maximum absolute atomic E-state index is 3.57. The van der Waals surface area contributed by atoms with Gasteiger partial charge in [-0.15, -0.1) is 0 Å². The highest BCUT2D eigenvalue weighted by Gasteiger charge is 2.20. The average molecular weight is 743 g/mol. The van der Waals surface area contributed by atoms with Crippen molar-refractivity contribution < 1.29 is 0 Å². The molecular weight excluding hydrogens is 705 g/mol. The van der Waals surface area contributed by atoms with Crippen molar-refractivity contribution in [2.24, 2.45) is 0 Å². The lowest BCUT2D eigenvalue weighted by Crippen LogP contribution is -2.19. The molecule has 2 heterocycles. The Balaban J connectivity index is 0.665. The minimum absolute atomic E-state index is 0.773. The van der Waals surface area contributed by atoms with Crippen molar-refractivity contribution in [1.82, 2.24) is 19.6 Å². The lowest BCUT2D eigenvalue weighted by Gasteiger charge is -2.21. The van der Waals surface area contributed by atoms with Gasteiger partial charge < -0.3 is 19.6 Å². The van der Waals surface area contributed by atoms with E-state index in [9.17, 15) is 0 Å². The smallest absolute Gasteiger partial charge is 0.208 e. The monoisotopic (exact) mass is 742 g/mol. The molecule has 0 unspecified atom stereocenters. The van der Waals surface area contributed by atoms with Crippen LogP contribution in [0.1, 0.15) is 22.3 Å². The van der Waals surface area contributed by atoms with Gasteiger partial charge in [-0.25, -0.2) is 0 Å². The zero-order valence-electron chi connectivity index (χ0n) is 31.9. The Labute approximate surface area is 338 Å². The molecule has 2 aliphatic heterocycles. The molecule has 12 rings (SSSR count). The average Bonchev–Trinajstić information content (AvgIpc) is 3.92. The highest BCUT2D eigenvalue weighted by atomic mass is 15.3. The second kappa shape index (κ2) is 13.3. The van der Waals surface area contributed by atoms with E-state index in [-0.39, 0.29) is 0 Å². The number of nitrogens with zero attached hydrogens (tertiary/aromatic N) is 4. The van der Waals surface area contributed by atoms with Gasteiger partial charge in [-0.2, -0.15) is 0 Å². The summed E-state index contributed by atoms with van der Waals surface area (Å²) in [4.78, 5) is 8.63. The molecule has 10 aromatic rings. The largest absolute Gasteiger partial charge is 0.342 e. The van der Waals surface area contributed by atoms with E-state index in [1.807, 2.05) is 0 Å². The molecule has 4 radical (unpaired) electrons. The predicted octanol–water partition coefficient (Wildman–Crippen LogP) is 12.7. The molecule has 58 heavy (non-hydrogen) atoms. The third-order valence-corrected chi connectivity index (χ3v) is 12.2. The highest BCUT2D eigenvalue weighted by Crippen LogP contribution is 2.38. The molecular formula is C54H38N4. The first-order valence-corrected chi connectivity index (χ1v) is 20.1. The maximum Gasteiger partial charge on any atom is 0.208 e. The van der Waals surface area contributed by atoms with Crippen LogP contribution in [0, 0.1) is 13.3 Å². The molecule has 0 amide bonds. The molecule has 10 aromatic carbocycles. The summed E-state index contributed by atoms with van der Waals surface area (Å²) < 4.78 is 0. The van der Waals surface area contributed by atoms with Crippen LogP contribution in [0.25, 0.3) is 75.8 Å². The molecule has 0 bridgehead atoms. The summed E-state index contributed by atoms with van der Waals surface area (Å²) in [6.45, 7) is 10.2. The first-order valence-electron chi connectivity index (χ1n) is 20.1. The van der Waals surface area contributed by atoms with Crippen molar-refractivity contribution in [3.63, 3.8) is 0 Å². The van der Waals surface area contributed by atoms with E-state index in [4.69, 9.17) is 0 Å². The second-order valence-electron chi connectivity index (χ2n) is 15.9. The predicted molar refractivity (Wildman–Crippen MR) is 239 cm³/mol. The molecule has 0 spiro atoms. The first kappa shape index (κ1) is 33.1. The van der Waals surface area contributed by atoms with Crippen LogP contribution in [0.2, 0.25) is 0 Å². The van der Waals surface area contributed by atoms with Gasteiger partial charge in [-0.1, -0.05) is 158 Å². The third-order valence-electron chi connectivity index (χ3n) is 12.2. The van der Waals surface area contributed by atoms with Gasteiger partial charge in [0.25, 0.3) is 0 Å². The first-order chi connectivity index (χ1) is 28.7. The molecule has 0 saturated heterocycles. The Kier molecular flexibility index (Phi) is 7.59. The summed E-state index contributed by atoms with van der Waals surface area (Å²) in [6, 6.07) is 58.2. The lowest BCUT2D eigenvalue weighted by atomic mass is 9.92. The minimum atomic E-state index is 0.773. The van der Waals surface area contributed by atoms with E-state index in [1.54, 1.807) is 0 Å². The third kappa shape index (κ3) is 5.67. The van der Waals surface area contributed by atoms with Crippen molar-refractivity contribution in [1.29, 1.82) is 0 Å². The van der Waals surface area contributed by atoms with Gasteiger partial charge in [0.05, 0.1) is 0 Å².